The number of fused-ring (bicyclic) bond motifs is 1. The van der Waals surface area contributed by atoms with Gasteiger partial charge in [0.2, 0.25) is 0 Å². The van der Waals surface area contributed by atoms with E-state index in [0.29, 0.717) is 0 Å². The molecule has 20 heavy (non-hydrogen) atoms. The van der Waals surface area contributed by atoms with Crippen LogP contribution >= 0.6 is 11.6 Å². The summed E-state index contributed by atoms with van der Waals surface area (Å²) in [6.45, 7) is 2.75. The fraction of sp³-hybridized carbons (Fsp3) is 0.118. The fourth-order valence-electron chi connectivity index (χ4n) is 2.21. The first-order valence-corrected chi connectivity index (χ1v) is 6.94. The Kier molecular flexibility index (Phi) is 3.57. The number of nitrogens with one attached hydrogen (secondary N) is 1. The third-order valence-corrected chi connectivity index (χ3v) is 3.80. The maximum atomic E-state index is 6.14. The number of halogens is 1. The molecule has 100 valence electrons. The zero-order valence-corrected chi connectivity index (χ0v) is 12.0. The zero-order chi connectivity index (χ0) is 13.9. The number of aryl methyl sites for hydroxylation is 1. The zero-order valence-electron chi connectivity index (χ0n) is 11.2. The molecular formula is C17H15ClN2. The molecule has 0 aliphatic rings. The molecule has 0 spiro atoms. The lowest BCUT2D eigenvalue weighted by Gasteiger charge is -2.10. The number of anilines is 1. The van der Waals surface area contributed by atoms with Crippen LogP contribution in [0.15, 0.2) is 54.7 Å². The van der Waals surface area contributed by atoms with Crippen LogP contribution in [0, 0.1) is 6.92 Å². The maximum Gasteiger partial charge on any atom is 0.0705 e. The summed E-state index contributed by atoms with van der Waals surface area (Å²) < 4.78 is 0. The molecule has 2 nitrogen and oxygen atoms in total. The van der Waals surface area contributed by atoms with E-state index < -0.39 is 0 Å². The van der Waals surface area contributed by atoms with E-state index in [1.807, 2.05) is 55.6 Å². The van der Waals surface area contributed by atoms with Gasteiger partial charge < -0.3 is 5.32 Å². The Hall–Kier alpha value is -2.06. The van der Waals surface area contributed by atoms with Crippen molar-refractivity contribution in [1.29, 1.82) is 0 Å². The second-order valence-corrected chi connectivity index (χ2v) is 5.21. The largest absolute Gasteiger partial charge is 0.381 e. The van der Waals surface area contributed by atoms with Crippen molar-refractivity contribution in [3.63, 3.8) is 0 Å². The van der Waals surface area contributed by atoms with Gasteiger partial charge in [-0.1, -0.05) is 35.9 Å². The fourth-order valence-corrected chi connectivity index (χ4v) is 2.39. The average Bonchev–Trinajstić information content (AvgIpc) is 2.48. The van der Waals surface area contributed by atoms with Gasteiger partial charge >= 0.3 is 0 Å². The minimum absolute atomic E-state index is 0.752. The Morgan fingerprint density at radius 3 is 2.80 bits per heavy atom. The van der Waals surface area contributed by atoms with E-state index >= 15 is 0 Å². The summed E-state index contributed by atoms with van der Waals surface area (Å²) in [6, 6.07) is 16.2. The van der Waals surface area contributed by atoms with E-state index in [2.05, 4.69) is 16.4 Å². The van der Waals surface area contributed by atoms with Crippen molar-refractivity contribution in [3.05, 3.63) is 70.9 Å². The van der Waals surface area contributed by atoms with E-state index in [-0.39, 0.29) is 0 Å². The molecular weight excluding hydrogens is 268 g/mol. The molecule has 0 saturated carbocycles. The van der Waals surface area contributed by atoms with Crippen LogP contribution in [0.5, 0.6) is 0 Å². The third-order valence-electron chi connectivity index (χ3n) is 3.39. The standard InChI is InChI=1S/C17H15ClN2/c1-12-6-7-14(10-16(12)18)20-11-13-8-9-19-17-5-3-2-4-15(13)17/h2-10,20H,11H2,1H3. The van der Waals surface area contributed by atoms with Crippen molar-refractivity contribution in [1.82, 2.24) is 4.98 Å². The molecule has 0 unspecified atom stereocenters. The van der Waals surface area contributed by atoms with Crippen molar-refractivity contribution in [2.45, 2.75) is 13.5 Å². The van der Waals surface area contributed by atoms with Gasteiger partial charge in [0, 0.05) is 28.8 Å². The molecule has 2 aromatic carbocycles. The molecule has 1 N–H and O–H groups in total. The van der Waals surface area contributed by atoms with E-state index in [1.165, 1.54) is 10.9 Å². The Morgan fingerprint density at radius 1 is 1.10 bits per heavy atom. The SMILES string of the molecule is Cc1ccc(NCc2ccnc3ccccc23)cc1Cl. The normalized spacial score (nSPS) is 10.7. The van der Waals surface area contributed by atoms with Crippen LogP contribution in [0.2, 0.25) is 5.02 Å². The number of aromatic nitrogens is 1. The molecule has 3 heteroatoms. The molecule has 0 bridgehead atoms. The molecule has 3 aromatic rings. The second-order valence-electron chi connectivity index (χ2n) is 4.80. The minimum atomic E-state index is 0.752. The minimum Gasteiger partial charge on any atom is -0.381 e. The summed E-state index contributed by atoms with van der Waals surface area (Å²) in [6.07, 6.45) is 1.85. The molecule has 1 heterocycles. The van der Waals surface area contributed by atoms with E-state index in [9.17, 15) is 0 Å². The highest BCUT2D eigenvalue weighted by atomic mass is 35.5. The van der Waals surface area contributed by atoms with Gasteiger partial charge in [0.1, 0.15) is 0 Å². The van der Waals surface area contributed by atoms with Crippen molar-refractivity contribution < 1.29 is 0 Å². The lowest BCUT2D eigenvalue weighted by Crippen LogP contribution is -2.00. The van der Waals surface area contributed by atoms with E-state index in [1.54, 1.807) is 0 Å². The van der Waals surface area contributed by atoms with Crippen LogP contribution in [0.25, 0.3) is 10.9 Å². The van der Waals surface area contributed by atoms with Crippen molar-refractivity contribution in [3.8, 4) is 0 Å². The number of hydrogen-bond donors (Lipinski definition) is 1. The monoisotopic (exact) mass is 282 g/mol. The summed E-state index contributed by atoms with van der Waals surface area (Å²) in [5.41, 5.74) is 4.37. The topological polar surface area (TPSA) is 24.9 Å². The van der Waals surface area contributed by atoms with Gasteiger partial charge in [-0.15, -0.1) is 0 Å². The smallest absolute Gasteiger partial charge is 0.0705 e. The molecule has 1 aromatic heterocycles. The molecule has 0 amide bonds. The third kappa shape index (κ3) is 2.61. The first-order valence-electron chi connectivity index (χ1n) is 6.57. The Balaban J connectivity index is 1.85. The predicted molar refractivity (Wildman–Crippen MR) is 85.3 cm³/mol. The van der Waals surface area contributed by atoms with Crippen LogP contribution in [-0.4, -0.2) is 4.98 Å². The molecule has 0 saturated heterocycles. The van der Waals surface area contributed by atoms with Crippen LogP contribution in [-0.2, 0) is 6.54 Å². The molecule has 0 aliphatic carbocycles. The number of para-hydroxylation sites is 1. The van der Waals surface area contributed by atoms with Crippen LogP contribution in [0.4, 0.5) is 5.69 Å². The first kappa shape index (κ1) is 12.9. The summed E-state index contributed by atoms with van der Waals surface area (Å²) in [4.78, 5) is 4.37. The summed E-state index contributed by atoms with van der Waals surface area (Å²) >= 11 is 6.14. The highest BCUT2D eigenvalue weighted by Gasteiger charge is 2.02. The number of nitrogens with zero attached hydrogens (tertiary/aromatic N) is 1. The number of rotatable bonds is 3. The second kappa shape index (κ2) is 5.51. The maximum absolute atomic E-state index is 6.14. The molecule has 3 rings (SSSR count). The highest BCUT2D eigenvalue weighted by Crippen LogP contribution is 2.22. The summed E-state index contributed by atoms with van der Waals surface area (Å²) in [5, 5.41) is 5.38. The van der Waals surface area contributed by atoms with Gasteiger partial charge in [0.25, 0.3) is 0 Å². The number of pyridine rings is 1. The van der Waals surface area contributed by atoms with Gasteiger partial charge in [-0.2, -0.15) is 0 Å². The Morgan fingerprint density at radius 2 is 1.95 bits per heavy atom. The van der Waals surface area contributed by atoms with Crippen molar-refractivity contribution >= 4 is 28.2 Å². The lowest BCUT2D eigenvalue weighted by molar-refractivity contribution is 1.15. The number of hydrogen-bond acceptors (Lipinski definition) is 2. The van der Waals surface area contributed by atoms with Gasteiger partial charge in [0.05, 0.1) is 5.52 Å². The lowest BCUT2D eigenvalue weighted by atomic mass is 10.1. The van der Waals surface area contributed by atoms with Crippen molar-refractivity contribution in [2.75, 3.05) is 5.32 Å². The quantitative estimate of drug-likeness (QED) is 0.746. The van der Waals surface area contributed by atoms with Crippen molar-refractivity contribution in [2.24, 2.45) is 0 Å². The Bertz CT molecular complexity index is 748. The van der Waals surface area contributed by atoms with Crippen LogP contribution in [0.3, 0.4) is 0 Å². The predicted octanol–water partition coefficient (Wildman–Crippen LogP) is 4.81. The van der Waals surface area contributed by atoms with Crippen LogP contribution < -0.4 is 5.32 Å². The van der Waals surface area contributed by atoms with E-state index in [4.69, 9.17) is 11.6 Å². The number of benzene rings is 2. The molecule has 0 aliphatic heterocycles. The van der Waals surface area contributed by atoms with Gasteiger partial charge in [-0.05, 0) is 42.3 Å². The van der Waals surface area contributed by atoms with Crippen LogP contribution in [0.1, 0.15) is 11.1 Å². The summed E-state index contributed by atoms with van der Waals surface area (Å²) in [5.74, 6) is 0. The molecule has 0 radical (unpaired) electrons. The summed E-state index contributed by atoms with van der Waals surface area (Å²) in [7, 11) is 0. The van der Waals surface area contributed by atoms with E-state index in [0.717, 1.165) is 28.3 Å². The molecule has 0 fully saturated rings. The average molecular weight is 283 g/mol. The van der Waals surface area contributed by atoms with Gasteiger partial charge in [0.15, 0.2) is 0 Å². The van der Waals surface area contributed by atoms with Gasteiger partial charge in [-0.3, -0.25) is 4.98 Å². The van der Waals surface area contributed by atoms with Gasteiger partial charge in [-0.25, -0.2) is 0 Å². The molecule has 0 atom stereocenters. The Labute approximate surface area is 123 Å². The first-order chi connectivity index (χ1) is 9.74. The highest BCUT2D eigenvalue weighted by molar-refractivity contribution is 6.31.